The molecule has 0 bridgehead atoms. The molecule has 1 nitrogen and oxygen atoms in total. The maximum atomic E-state index is 3.71. The number of thioether (sulfide) groups is 2. The van der Waals surface area contributed by atoms with Gasteiger partial charge in [-0.1, -0.05) is 39.0 Å². The highest BCUT2D eigenvalue weighted by Gasteiger charge is 2.14. The van der Waals surface area contributed by atoms with Crippen molar-refractivity contribution in [3.8, 4) is 0 Å². The molecule has 0 spiro atoms. The second-order valence-electron chi connectivity index (χ2n) is 5.08. The van der Waals surface area contributed by atoms with E-state index in [0.717, 1.165) is 5.25 Å². The summed E-state index contributed by atoms with van der Waals surface area (Å²) in [6.45, 7) is 5.85. The molecule has 1 fully saturated rings. The molecule has 2 atom stereocenters. The SMILES string of the molecule is CCCCCCCC(C)NCC1CSCCS1. The van der Waals surface area contributed by atoms with E-state index in [0.29, 0.717) is 6.04 Å². The lowest BCUT2D eigenvalue weighted by molar-refractivity contribution is 0.483. The average Bonchev–Trinajstić information content (AvgIpc) is 2.37. The monoisotopic (exact) mass is 275 g/mol. The fraction of sp³-hybridized carbons (Fsp3) is 1.00. The van der Waals surface area contributed by atoms with E-state index in [-0.39, 0.29) is 0 Å². The molecule has 0 aromatic rings. The normalized spacial score (nSPS) is 22.6. The van der Waals surface area contributed by atoms with Gasteiger partial charge >= 0.3 is 0 Å². The third-order valence-corrected chi connectivity index (χ3v) is 6.16. The Morgan fingerprint density at radius 2 is 2.00 bits per heavy atom. The summed E-state index contributed by atoms with van der Waals surface area (Å²) in [6, 6.07) is 0.712. The first-order valence-electron chi connectivity index (χ1n) is 7.25. The summed E-state index contributed by atoms with van der Waals surface area (Å²) < 4.78 is 0. The number of nitrogens with one attached hydrogen (secondary N) is 1. The van der Waals surface area contributed by atoms with E-state index in [4.69, 9.17) is 0 Å². The van der Waals surface area contributed by atoms with Crippen molar-refractivity contribution in [1.29, 1.82) is 0 Å². The summed E-state index contributed by atoms with van der Waals surface area (Å²) >= 11 is 4.28. The number of unbranched alkanes of at least 4 members (excludes halogenated alkanes) is 4. The Balaban J connectivity index is 1.91. The Hall–Kier alpha value is 0.660. The molecule has 0 amide bonds. The maximum absolute atomic E-state index is 3.71. The predicted molar refractivity (Wildman–Crippen MR) is 84.4 cm³/mol. The molecule has 17 heavy (non-hydrogen) atoms. The van der Waals surface area contributed by atoms with Gasteiger partial charge in [-0.25, -0.2) is 0 Å². The van der Waals surface area contributed by atoms with E-state index < -0.39 is 0 Å². The number of hydrogen-bond donors (Lipinski definition) is 1. The van der Waals surface area contributed by atoms with Crippen molar-refractivity contribution in [1.82, 2.24) is 5.32 Å². The molecule has 0 aromatic carbocycles. The minimum Gasteiger partial charge on any atom is -0.313 e. The van der Waals surface area contributed by atoms with Crippen molar-refractivity contribution in [2.75, 3.05) is 23.8 Å². The summed E-state index contributed by atoms with van der Waals surface area (Å²) in [4.78, 5) is 0. The molecule has 1 aliphatic rings. The lowest BCUT2D eigenvalue weighted by Crippen LogP contribution is -2.34. The third-order valence-electron chi connectivity index (χ3n) is 3.32. The highest BCUT2D eigenvalue weighted by molar-refractivity contribution is 8.06. The zero-order chi connectivity index (χ0) is 12.3. The van der Waals surface area contributed by atoms with Crippen molar-refractivity contribution in [2.24, 2.45) is 0 Å². The zero-order valence-electron chi connectivity index (χ0n) is 11.5. The Bertz CT molecular complexity index is 170. The van der Waals surface area contributed by atoms with Gasteiger partial charge in [-0.15, -0.1) is 0 Å². The largest absolute Gasteiger partial charge is 0.313 e. The maximum Gasteiger partial charge on any atom is 0.0263 e. The van der Waals surface area contributed by atoms with Crippen molar-refractivity contribution in [2.45, 2.75) is 63.7 Å². The summed E-state index contributed by atoms with van der Waals surface area (Å²) in [5, 5.41) is 4.57. The molecule has 0 radical (unpaired) electrons. The molecule has 1 N–H and O–H groups in total. The summed E-state index contributed by atoms with van der Waals surface area (Å²) in [5.41, 5.74) is 0. The predicted octanol–water partition coefficient (Wildman–Crippen LogP) is 4.17. The van der Waals surface area contributed by atoms with E-state index >= 15 is 0 Å². The molecule has 2 unspecified atom stereocenters. The second kappa shape index (κ2) is 10.6. The van der Waals surface area contributed by atoms with Gasteiger partial charge in [0.05, 0.1) is 0 Å². The average molecular weight is 276 g/mol. The molecule has 0 saturated carbocycles. The Kier molecular flexibility index (Phi) is 9.77. The second-order valence-corrected chi connectivity index (χ2v) is 7.64. The number of hydrogen-bond acceptors (Lipinski definition) is 3. The van der Waals surface area contributed by atoms with E-state index in [9.17, 15) is 0 Å². The van der Waals surface area contributed by atoms with E-state index in [1.54, 1.807) is 0 Å². The van der Waals surface area contributed by atoms with E-state index in [2.05, 4.69) is 42.7 Å². The highest BCUT2D eigenvalue weighted by atomic mass is 32.2. The van der Waals surface area contributed by atoms with Crippen LogP contribution in [0.5, 0.6) is 0 Å². The van der Waals surface area contributed by atoms with Crippen LogP contribution in [0.25, 0.3) is 0 Å². The molecule has 1 rings (SSSR count). The minimum atomic E-state index is 0.712. The van der Waals surface area contributed by atoms with E-state index in [1.165, 1.54) is 62.3 Å². The van der Waals surface area contributed by atoms with Gasteiger partial charge in [0.25, 0.3) is 0 Å². The summed E-state index contributed by atoms with van der Waals surface area (Å²) in [5.74, 6) is 4.05. The van der Waals surface area contributed by atoms with Gasteiger partial charge in [-0.3, -0.25) is 0 Å². The topological polar surface area (TPSA) is 12.0 Å². The summed E-state index contributed by atoms with van der Waals surface area (Å²) in [6.07, 6.45) is 8.38. The van der Waals surface area contributed by atoms with Crippen LogP contribution in [0.15, 0.2) is 0 Å². The third kappa shape index (κ3) is 8.39. The van der Waals surface area contributed by atoms with Crippen LogP contribution in [0, 0.1) is 0 Å². The lowest BCUT2D eigenvalue weighted by atomic mass is 10.1. The highest BCUT2D eigenvalue weighted by Crippen LogP contribution is 2.23. The van der Waals surface area contributed by atoms with E-state index in [1.807, 2.05) is 0 Å². The molecule has 102 valence electrons. The Morgan fingerprint density at radius 3 is 2.71 bits per heavy atom. The standard InChI is InChI=1S/C14H29NS2/c1-3-4-5-6-7-8-13(2)15-11-14-12-16-9-10-17-14/h13-15H,3-12H2,1-2H3. The fourth-order valence-corrected chi connectivity index (χ4v) is 4.77. The molecule has 1 saturated heterocycles. The smallest absolute Gasteiger partial charge is 0.0263 e. The first kappa shape index (κ1) is 15.7. The Morgan fingerprint density at radius 1 is 1.18 bits per heavy atom. The summed E-state index contributed by atoms with van der Waals surface area (Å²) in [7, 11) is 0. The fourth-order valence-electron chi connectivity index (χ4n) is 2.14. The molecule has 1 heterocycles. The van der Waals surface area contributed by atoms with Crippen LogP contribution in [0.2, 0.25) is 0 Å². The van der Waals surface area contributed by atoms with Gasteiger partial charge in [0, 0.05) is 35.1 Å². The van der Waals surface area contributed by atoms with Gasteiger partial charge in [0.1, 0.15) is 0 Å². The first-order chi connectivity index (χ1) is 8.33. The van der Waals surface area contributed by atoms with Crippen molar-refractivity contribution < 1.29 is 0 Å². The van der Waals surface area contributed by atoms with Crippen molar-refractivity contribution in [3.63, 3.8) is 0 Å². The van der Waals surface area contributed by atoms with Gasteiger partial charge in [-0.05, 0) is 13.3 Å². The number of rotatable bonds is 9. The van der Waals surface area contributed by atoms with Crippen molar-refractivity contribution in [3.05, 3.63) is 0 Å². The molecule has 0 aliphatic carbocycles. The molecular weight excluding hydrogens is 246 g/mol. The van der Waals surface area contributed by atoms with Crippen LogP contribution in [-0.4, -0.2) is 35.1 Å². The van der Waals surface area contributed by atoms with Crippen LogP contribution in [0.4, 0.5) is 0 Å². The quantitative estimate of drug-likeness (QED) is 0.634. The zero-order valence-corrected chi connectivity index (χ0v) is 13.2. The van der Waals surface area contributed by atoms with Gasteiger partial charge < -0.3 is 5.32 Å². The minimum absolute atomic E-state index is 0.712. The molecule has 3 heteroatoms. The first-order valence-corrected chi connectivity index (χ1v) is 9.46. The molecule has 0 aromatic heterocycles. The van der Waals surface area contributed by atoms with Crippen LogP contribution < -0.4 is 5.32 Å². The van der Waals surface area contributed by atoms with Gasteiger partial charge in [0.2, 0.25) is 0 Å². The molecular formula is C14H29NS2. The van der Waals surface area contributed by atoms with Gasteiger partial charge in [0.15, 0.2) is 0 Å². The van der Waals surface area contributed by atoms with Crippen LogP contribution in [0.3, 0.4) is 0 Å². The van der Waals surface area contributed by atoms with Crippen LogP contribution in [0.1, 0.15) is 52.4 Å². The molecule has 1 aliphatic heterocycles. The lowest BCUT2D eigenvalue weighted by Gasteiger charge is -2.23. The van der Waals surface area contributed by atoms with Crippen molar-refractivity contribution >= 4 is 23.5 Å². The van der Waals surface area contributed by atoms with Crippen LogP contribution in [-0.2, 0) is 0 Å². The van der Waals surface area contributed by atoms with Crippen LogP contribution >= 0.6 is 23.5 Å². The van der Waals surface area contributed by atoms with Gasteiger partial charge in [-0.2, -0.15) is 23.5 Å². The Labute approximate surface area is 116 Å².